The van der Waals surface area contributed by atoms with Crippen molar-refractivity contribution in [1.82, 2.24) is 10.2 Å². The predicted octanol–water partition coefficient (Wildman–Crippen LogP) is 4.46. The van der Waals surface area contributed by atoms with Gasteiger partial charge < -0.3 is 14.8 Å². The van der Waals surface area contributed by atoms with Crippen LogP contribution in [0.4, 0.5) is 5.69 Å². The lowest BCUT2D eigenvalue weighted by Gasteiger charge is -2.29. The number of nitrogens with one attached hydrogen (secondary N) is 2. The first-order valence-corrected chi connectivity index (χ1v) is 13.9. The second-order valence-corrected chi connectivity index (χ2v) is 10.5. The molecule has 4 rings (SSSR count). The molecule has 0 unspecified atom stereocenters. The van der Waals surface area contributed by atoms with Crippen molar-refractivity contribution >= 4 is 21.6 Å². The van der Waals surface area contributed by atoms with Gasteiger partial charge in [-0.2, -0.15) is 0 Å². The summed E-state index contributed by atoms with van der Waals surface area (Å²) in [6.45, 7) is 4.76. The number of benzene rings is 3. The number of rotatable bonds is 11. The Morgan fingerprint density at radius 1 is 0.973 bits per heavy atom. The van der Waals surface area contributed by atoms with Gasteiger partial charge in [0.15, 0.2) is 0 Å². The molecule has 9 heteroatoms. The van der Waals surface area contributed by atoms with E-state index in [1.54, 1.807) is 31.4 Å². The normalized spacial score (nSPS) is 14.6. The van der Waals surface area contributed by atoms with Crippen molar-refractivity contribution in [2.75, 3.05) is 38.1 Å². The summed E-state index contributed by atoms with van der Waals surface area (Å²) in [6.07, 6.45) is 2.25. The maximum absolute atomic E-state index is 12.9. The van der Waals surface area contributed by atoms with Gasteiger partial charge in [0.1, 0.15) is 11.5 Å². The van der Waals surface area contributed by atoms with Gasteiger partial charge in [-0.15, -0.1) is 0 Å². The van der Waals surface area contributed by atoms with Crippen molar-refractivity contribution in [3.05, 3.63) is 83.9 Å². The van der Waals surface area contributed by atoms with E-state index < -0.39 is 10.0 Å². The molecule has 0 aromatic heterocycles. The summed E-state index contributed by atoms with van der Waals surface area (Å²) in [5.74, 6) is 1.20. The number of carbonyl (C=O) groups excluding carboxylic acids is 1. The zero-order valence-corrected chi connectivity index (χ0v) is 22.0. The molecule has 1 saturated heterocycles. The summed E-state index contributed by atoms with van der Waals surface area (Å²) in [5, 5.41) is 3.03. The van der Waals surface area contributed by atoms with E-state index in [4.69, 9.17) is 9.47 Å². The Labute approximate surface area is 218 Å². The van der Waals surface area contributed by atoms with Crippen LogP contribution in [0.1, 0.15) is 41.7 Å². The molecule has 0 spiro atoms. The Bertz CT molecular complexity index is 1290. The zero-order chi connectivity index (χ0) is 26.3. The zero-order valence-electron chi connectivity index (χ0n) is 21.1. The van der Waals surface area contributed by atoms with E-state index in [0.29, 0.717) is 30.2 Å². The van der Waals surface area contributed by atoms with Crippen LogP contribution in [0.25, 0.3) is 0 Å². The molecule has 1 aliphatic heterocycles. The number of sulfonamides is 1. The first kappa shape index (κ1) is 26.5. The van der Waals surface area contributed by atoms with Gasteiger partial charge in [0.25, 0.3) is 15.9 Å². The third-order valence-corrected chi connectivity index (χ3v) is 7.78. The lowest BCUT2D eigenvalue weighted by Crippen LogP contribution is -2.37. The topological polar surface area (TPSA) is 97.0 Å². The molecule has 0 aliphatic carbocycles. The number of amides is 1. The number of ether oxygens (including phenoxy) is 2. The molecule has 196 valence electrons. The molecule has 0 bridgehead atoms. The number of para-hydroxylation sites is 1. The molecule has 8 nitrogen and oxygen atoms in total. The van der Waals surface area contributed by atoms with Gasteiger partial charge in [-0.25, -0.2) is 8.42 Å². The third kappa shape index (κ3) is 6.61. The molecule has 1 fully saturated rings. The molecule has 3 aromatic carbocycles. The lowest BCUT2D eigenvalue weighted by atomic mass is 10.0. The number of anilines is 1. The second-order valence-electron chi connectivity index (χ2n) is 8.80. The fourth-order valence-corrected chi connectivity index (χ4v) is 5.57. The summed E-state index contributed by atoms with van der Waals surface area (Å²) in [6, 6.07) is 20.5. The minimum Gasteiger partial charge on any atom is -0.496 e. The van der Waals surface area contributed by atoms with Crippen molar-refractivity contribution in [1.29, 1.82) is 0 Å². The number of methoxy groups -OCH3 is 1. The van der Waals surface area contributed by atoms with Crippen LogP contribution in [-0.2, 0) is 10.0 Å². The molecule has 2 N–H and O–H groups in total. The van der Waals surface area contributed by atoms with Crippen LogP contribution < -0.4 is 19.5 Å². The maximum Gasteiger partial charge on any atom is 0.261 e. The van der Waals surface area contributed by atoms with Crippen LogP contribution in [0.15, 0.2) is 77.7 Å². The largest absolute Gasteiger partial charge is 0.496 e. The van der Waals surface area contributed by atoms with Crippen molar-refractivity contribution in [3.63, 3.8) is 0 Å². The number of likely N-dealkylation sites (tertiary alicyclic amines) is 1. The van der Waals surface area contributed by atoms with Crippen molar-refractivity contribution in [2.24, 2.45) is 0 Å². The van der Waals surface area contributed by atoms with Crippen molar-refractivity contribution in [3.8, 4) is 11.5 Å². The van der Waals surface area contributed by atoms with E-state index >= 15 is 0 Å². The van der Waals surface area contributed by atoms with Crippen molar-refractivity contribution in [2.45, 2.75) is 30.7 Å². The standard InChI is InChI=1S/C28H33N3O5S/c1-3-36-23-14-12-22(13-15-23)30-37(33,34)24-16-10-21(11-17-24)28(32)29-20-26(31-18-6-7-19-31)25-8-4-5-9-27(25)35-2/h4-5,8-17,26,30H,3,6-7,18-20H2,1-2H3,(H,29,32)/t26-/m0/s1. The van der Waals surface area contributed by atoms with Crippen molar-refractivity contribution < 1.29 is 22.7 Å². The number of nitrogens with zero attached hydrogens (tertiary/aromatic N) is 1. The van der Waals surface area contributed by atoms with Crippen LogP contribution in [0, 0.1) is 0 Å². The van der Waals surface area contributed by atoms with Crippen LogP contribution in [0.2, 0.25) is 0 Å². The predicted molar refractivity (Wildman–Crippen MR) is 144 cm³/mol. The summed E-state index contributed by atoms with van der Waals surface area (Å²) < 4.78 is 39.1. The van der Waals surface area contributed by atoms with Gasteiger partial charge in [-0.05, 0) is 87.5 Å². The molecule has 1 heterocycles. The highest BCUT2D eigenvalue weighted by atomic mass is 32.2. The van der Waals surface area contributed by atoms with Crippen LogP contribution in [0.3, 0.4) is 0 Å². The molecule has 1 atom stereocenters. The first-order valence-electron chi connectivity index (χ1n) is 12.4. The quantitative estimate of drug-likeness (QED) is 0.385. The highest BCUT2D eigenvalue weighted by Gasteiger charge is 2.26. The second kappa shape index (κ2) is 12.1. The Morgan fingerprint density at radius 3 is 2.30 bits per heavy atom. The van der Waals surface area contributed by atoms with E-state index in [1.807, 2.05) is 31.2 Å². The van der Waals surface area contributed by atoms with Gasteiger partial charge >= 0.3 is 0 Å². The van der Waals surface area contributed by atoms with E-state index in [-0.39, 0.29) is 16.8 Å². The fraction of sp³-hybridized carbons (Fsp3) is 0.321. The monoisotopic (exact) mass is 523 g/mol. The highest BCUT2D eigenvalue weighted by molar-refractivity contribution is 7.92. The van der Waals surface area contributed by atoms with E-state index in [9.17, 15) is 13.2 Å². The molecule has 0 saturated carbocycles. The van der Waals surface area contributed by atoms with Gasteiger partial charge in [0.05, 0.1) is 24.7 Å². The smallest absolute Gasteiger partial charge is 0.261 e. The Kier molecular flexibility index (Phi) is 8.68. The van der Waals surface area contributed by atoms with Gasteiger partial charge in [0, 0.05) is 23.4 Å². The summed E-state index contributed by atoms with van der Waals surface area (Å²) >= 11 is 0. The maximum atomic E-state index is 12.9. The minimum atomic E-state index is -3.80. The van der Waals surface area contributed by atoms with Crippen LogP contribution in [-0.4, -0.2) is 52.6 Å². The summed E-state index contributed by atoms with van der Waals surface area (Å²) in [4.78, 5) is 15.4. The van der Waals surface area contributed by atoms with Gasteiger partial charge in [-0.3, -0.25) is 14.4 Å². The van der Waals surface area contributed by atoms with Crippen LogP contribution in [0.5, 0.6) is 11.5 Å². The van der Waals surface area contributed by atoms with E-state index in [2.05, 4.69) is 14.9 Å². The van der Waals surface area contributed by atoms with E-state index in [0.717, 1.165) is 37.2 Å². The molecule has 0 radical (unpaired) electrons. The summed E-state index contributed by atoms with van der Waals surface area (Å²) in [5.41, 5.74) is 1.85. The Hall–Kier alpha value is -3.56. The molecule has 1 amide bonds. The first-order chi connectivity index (χ1) is 17.9. The molecule has 37 heavy (non-hydrogen) atoms. The van der Waals surface area contributed by atoms with E-state index in [1.165, 1.54) is 24.3 Å². The fourth-order valence-electron chi connectivity index (χ4n) is 4.51. The molecule has 1 aliphatic rings. The summed E-state index contributed by atoms with van der Waals surface area (Å²) in [7, 11) is -2.15. The average Bonchev–Trinajstić information content (AvgIpc) is 3.45. The number of hydrogen-bond acceptors (Lipinski definition) is 6. The molecular weight excluding hydrogens is 490 g/mol. The minimum absolute atomic E-state index is 0.0134. The highest BCUT2D eigenvalue weighted by Crippen LogP contribution is 2.31. The van der Waals surface area contributed by atoms with Crippen LogP contribution >= 0.6 is 0 Å². The SMILES string of the molecule is CCOc1ccc(NS(=O)(=O)c2ccc(C(=O)NC[C@@H](c3ccccc3OC)N3CCCC3)cc2)cc1. The Morgan fingerprint density at radius 2 is 1.65 bits per heavy atom. The lowest BCUT2D eigenvalue weighted by molar-refractivity contribution is 0.0937. The van der Waals surface area contributed by atoms with Gasteiger partial charge in [-0.1, -0.05) is 18.2 Å². The number of carbonyl (C=O) groups is 1. The molecular formula is C28H33N3O5S. The number of hydrogen-bond donors (Lipinski definition) is 2. The Balaban J connectivity index is 1.42. The third-order valence-electron chi connectivity index (χ3n) is 6.38. The van der Waals surface area contributed by atoms with Gasteiger partial charge in [0.2, 0.25) is 0 Å². The average molecular weight is 524 g/mol. The molecule has 3 aromatic rings.